The van der Waals surface area contributed by atoms with Gasteiger partial charge in [0, 0.05) is 24.1 Å². The molecule has 0 amide bonds. The smallest absolute Gasteiger partial charge is 0.138 e. The van der Waals surface area contributed by atoms with Crippen molar-refractivity contribution < 1.29 is 0 Å². The van der Waals surface area contributed by atoms with Crippen LogP contribution in [0.15, 0.2) is 6.07 Å². The molecule has 2 N–H and O–H groups in total. The molecule has 1 heterocycles. The third kappa shape index (κ3) is 4.87. The fourth-order valence-electron chi connectivity index (χ4n) is 2.49. The molecule has 0 saturated carbocycles. The van der Waals surface area contributed by atoms with E-state index in [1.54, 1.807) is 0 Å². The lowest BCUT2D eigenvalue weighted by Crippen LogP contribution is -2.38. The van der Waals surface area contributed by atoms with Gasteiger partial charge < -0.3 is 10.6 Å². The predicted octanol–water partition coefficient (Wildman–Crippen LogP) is 4.01. The molecule has 4 heteroatoms. The van der Waals surface area contributed by atoms with E-state index < -0.39 is 0 Å². The second-order valence-corrected chi connectivity index (χ2v) is 7.24. The molecule has 1 aromatic rings. The molecule has 0 fully saturated rings. The molecule has 1 rings (SSSR count). The van der Waals surface area contributed by atoms with E-state index in [2.05, 4.69) is 58.4 Å². The van der Waals surface area contributed by atoms with E-state index in [0.29, 0.717) is 17.8 Å². The van der Waals surface area contributed by atoms with Gasteiger partial charge in [0.2, 0.25) is 0 Å². The molecule has 0 atom stereocenters. The summed E-state index contributed by atoms with van der Waals surface area (Å²) >= 11 is 0. The van der Waals surface area contributed by atoms with E-state index in [1.807, 2.05) is 6.07 Å². The maximum absolute atomic E-state index is 6.03. The minimum absolute atomic E-state index is 0.0957. The highest BCUT2D eigenvalue weighted by Gasteiger charge is 2.23. The number of aromatic nitrogens is 2. The second kappa shape index (κ2) is 7.10. The topological polar surface area (TPSA) is 55.0 Å². The maximum atomic E-state index is 6.03. The van der Waals surface area contributed by atoms with Crippen LogP contribution in [0, 0.1) is 5.92 Å². The number of nitrogen functional groups attached to an aromatic ring is 1. The van der Waals surface area contributed by atoms with Crippen LogP contribution in [-0.2, 0) is 5.41 Å². The molecule has 0 aliphatic rings. The van der Waals surface area contributed by atoms with Crippen molar-refractivity contribution in [1.29, 1.82) is 0 Å². The Hall–Kier alpha value is -1.32. The molecule has 0 bridgehead atoms. The fraction of sp³-hybridized carbons (Fsp3) is 0.765. The largest absolute Gasteiger partial charge is 0.384 e. The van der Waals surface area contributed by atoms with Crippen molar-refractivity contribution in [3.05, 3.63) is 11.9 Å². The number of anilines is 2. The summed E-state index contributed by atoms with van der Waals surface area (Å²) in [7, 11) is 0. The third-order valence-corrected chi connectivity index (χ3v) is 3.64. The molecule has 120 valence electrons. The lowest BCUT2D eigenvalue weighted by molar-refractivity contribution is 0.496. The van der Waals surface area contributed by atoms with Gasteiger partial charge in [-0.15, -0.1) is 0 Å². The minimum Gasteiger partial charge on any atom is -0.384 e. The summed E-state index contributed by atoms with van der Waals surface area (Å²) in [4.78, 5) is 11.6. The number of hydrogen-bond acceptors (Lipinski definition) is 4. The van der Waals surface area contributed by atoms with Crippen LogP contribution in [0.4, 0.5) is 11.6 Å². The Morgan fingerprint density at radius 3 is 2.14 bits per heavy atom. The van der Waals surface area contributed by atoms with E-state index >= 15 is 0 Å². The number of nitrogens with two attached hydrogens (primary N) is 1. The van der Waals surface area contributed by atoms with Crippen molar-refractivity contribution in [1.82, 2.24) is 9.97 Å². The Morgan fingerprint density at radius 2 is 1.71 bits per heavy atom. The average molecular weight is 292 g/mol. The van der Waals surface area contributed by atoms with E-state index in [4.69, 9.17) is 10.7 Å². The molecule has 0 saturated heterocycles. The predicted molar refractivity (Wildman–Crippen MR) is 91.7 cm³/mol. The zero-order valence-corrected chi connectivity index (χ0v) is 14.8. The summed E-state index contributed by atoms with van der Waals surface area (Å²) in [6, 6.07) is 2.41. The fourth-order valence-corrected chi connectivity index (χ4v) is 2.49. The highest BCUT2D eigenvalue weighted by Crippen LogP contribution is 2.26. The molecule has 0 spiro atoms. The van der Waals surface area contributed by atoms with Crippen LogP contribution in [0.5, 0.6) is 0 Å². The van der Waals surface area contributed by atoms with E-state index in [-0.39, 0.29) is 5.41 Å². The minimum atomic E-state index is -0.0957. The summed E-state index contributed by atoms with van der Waals surface area (Å²) in [5, 5.41) is 0. The van der Waals surface area contributed by atoms with Crippen LogP contribution >= 0.6 is 0 Å². The van der Waals surface area contributed by atoms with E-state index in [9.17, 15) is 0 Å². The van der Waals surface area contributed by atoms with Gasteiger partial charge in [0.1, 0.15) is 17.5 Å². The van der Waals surface area contributed by atoms with Crippen molar-refractivity contribution in [3.8, 4) is 0 Å². The van der Waals surface area contributed by atoms with Gasteiger partial charge in [0.15, 0.2) is 0 Å². The van der Waals surface area contributed by atoms with Crippen molar-refractivity contribution in [2.24, 2.45) is 5.92 Å². The Kier molecular flexibility index (Phi) is 5.99. The average Bonchev–Trinajstić information content (AvgIpc) is 2.36. The summed E-state index contributed by atoms with van der Waals surface area (Å²) in [5.74, 6) is 2.93. The summed E-state index contributed by atoms with van der Waals surface area (Å²) < 4.78 is 0. The molecule has 1 aromatic heterocycles. The lowest BCUT2D eigenvalue weighted by atomic mass is 9.95. The Bertz CT molecular complexity index is 445. The Labute approximate surface area is 130 Å². The normalized spacial score (nSPS) is 12.2. The molecule has 0 aliphatic heterocycles. The van der Waals surface area contributed by atoms with Gasteiger partial charge >= 0.3 is 0 Å². The van der Waals surface area contributed by atoms with Crippen LogP contribution in [0.2, 0.25) is 0 Å². The zero-order chi connectivity index (χ0) is 16.2. The number of rotatable bonds is 6. The highest BCUT2D eigenvalue weighted by molar-refractivity contribution is 5.48. The first-order chi connectivity index (χ1) is 9.68. The first kappa shape index (κ1) is 17.7. The molecule has 0 aliphatic carbocycles. The van der Waals surface area contributed by atoms with Crippen LogP contribution in [0.1, 0.15) is 67.1 Å². The summed E-state index contributed by atoms with van der Waals surface area (Å²) in [6.07, 6.45) is 2.22. The number of nitrogens with zero attached hydrogens (tertiary/aromatic N) is 3. The Balaban J connectivity index is 3.26. The Morgan fingerprint density at radius 1 is 1.14 bits per heavy atom. The number of hydrogen-bond donors (Lipinski definition) is 1. The van der Waals surface area contributed by atoms with Crippen molar-refractivity contribution in [3.63, 3.8) is 0 Å². The van der Waals surface area contributed by atoms with Crippen LogP contribution in [0.25, 0.3) is 0 Å². The molecule has 0 unspecified atom stereocenters. The third-order valence-electron chi connectivity index (χ3n) is 3.64. The van der Waals surface area contributed by atoms with E-state index in [0.717, 1.165) is 31.0 Å². The van der Waals surface area contributed by atoms with Crippen molar-refractivity contribution in [2.45, 2.75) is 72.8 Å². The molecule has 21 heavy (non-hydrogen) atoms. The van der Waals surface area contributed by atoms with Gasteiger partial charge in [-0.3, -0.25) is 0 Å². The zero-order valence-electron chi connectivity index (χ0n) is 14.8. The second-order valence-electron chi connectivity index (χ2n) is 7.24. The van der Waals surface area contributed by atoms with Crippen LogP contribution in [0.3, 0.4) is 0 Å². The van der Waals surface area contributed by atoms with Crippen molar-refractivity contribution >= 4 is 11.6 Å². The summed E-state index contributed by atoms with van der Waals surface area (Å²) in [6.45, 7) is 16.3. The SMILES string of the molecule is CCC(CC)N(CC(C)C)c1cc(N)nc(C(C)(C)C)n1. The monoisotopic (exact) mass is 292 g/mol. The van der Waals surface area contributed by atoms with Gasteiger partial charge in [0.25, 0.3) is 0 Å². The molecular formula is C17H32N4. The summed E-state index contributed by atoms with van der Waals surface area (Å²) in [5.41, 5.74) is 5.93. The molecule has 4 nitrogen and oxygen atoms in total. The van der Waals surface area contributed by atoms with Gasteiger partial charge in [0.05, 0.1) is 0 Å². The maximum Gasteiger partial charge on any atom is 0.138 e. The van der Waals surface area contributed by atoms with Crippen LogP contribution in [-0.4, -0.2) is 22.6 Å². The first-order valence-corrected chi connectivity index (χ1v) is 8.10. The van der Waals surface area contributed by atoms with Gasteiger partial charge in [-0.1, -0.05) is 48.5 Å². The van der Waals surface area contributed by atoms with E-state index in [1.165, 1.54) is 0 Å². The molecule has 0 radical (unpaired) electrons. The highest BCUT2D eigenvalue weighted by atomic mass is 15.2. The quantitative estimate of drug-likeness (QED) is 0.860. The van der Waals surface area contributed by atoms with Crippen molar-refractivity contribution in [2.75, 3.05) is 17.2 Å². The lowest BCUT2D eigenvalue weighted by Gasteiger charge is -2.34. The van der Waals surface area contributed by atoms with Gasteiger partial charge in [-0.05, 0) is 18.8 Å². The first-order valence-electron chi connectivity index (χ1n) is 8.10. The van der Waals surface area contributed by atoms with Gasteiger partial charge in [-0.25, -0.2) is 9.97 Å². The molecule has 0 aromatic carbocycles. The van der Waals surface area contributed by atoms with Crippen LogP contribution < -0.4 is 10.6 Å². The molecular weight excluding hydrogens is 260 g/mol. The standard InChI is InChI=1S/C17H32N4/c1-8-13(9-2)21(11-12(3)4)15-10-14(18)19-16(20-15)17(5,6)7/h10,12-13H,8-9,11H2,1-7H3,(H2,18,19,20). The van der Waals surface area contributed by atoms with Gasteiger partial charge in [-0.2, -0.15) is 0 Å².